The van der Waals surface area contributed by atoms with E-state index in [1.165, 1.54) is 6.42 Å². The molecule has 0 radical (unpaired) electrons. The molecule has 4 heteroatoms. The lowest BCUT2D eigenvalue weighted by atomic mass is 9.96. The summed E-state index contributed by atoms with van der Waals surface area (Å²) in [4.78, 5) is 13.7. The largest absolute Gasteiger partial charge is 0.376 e. The fourth-order valence-corrected chi connectivity index (χ4v) is 2.07. The molecule has 96 valence electrons. The molecule has 1 amide bonds. The minimum atomic E-state index is -0.538. The molecule has 0 aromatic heterocycles. The molecular weight excluding hydrogens is 216 g/mol. The van der Waals surface area contributed by atoms with Crippen molar-refractivity contribution >= 4 is 5.91 Å². The van der Waals surface area contributed by atoms with Gasteiger partial charge in [-0.05, 0) is 25.2 Å². The molecule has 2 unspecified atom stereocenters. The van der Waals surface area contributed by atoms with Gasteiger partial charge in [0.2, 0.25) is 5.91 Å². The molecule has 1 rings (SSSR count). The summed E-state index contributed by atoms with van der Waals surface area (Å²) >= 11 is 0. The van der Waals surface area contributed by atoms with Gasteiger partial charge in [-0.2, -0.15) is 5.26 Å². The average Bonchev–Trinajstić information content (AvgIpc) is 2.30. The Balaban J connectivity index is 2.48. The van der Waals surface area contributed by atoms with E-state index in [-0.39, 0.29) is 17.9 Å². The number of nitriles is 1. The van der Waals surface area contributed by atoms with Gasteiger partial charge in [0.15, 0.2) is 0 Å². The molecule has 1 aliphatic heterocycles. The summed E-state index contributed by atoms with van der Waals surface area (Å²) in [5, 5.41) is 8.99. The highest BCUT2D eigenvalue weighted by atomic mass is 16.5. The smallest absolute Gasteiger partial charge is 0.240 e. The van der Waals surface area contributed by atoms with Crippen molar-refractivity contribution in [3.05, 3.63) is 0 Å². The van der Waals surface area contributed by atoms with Gasteiger partial charge < -0.3 is 9.64 Å². The fraction of sp³-hybridized carbons (Fsp3) is 0.846. The number of ether oxygens (including phenoxy) is 1. The number of amides is 1. The number of hydrogen-bond donors (Lipinski definition) is 0. The predicted molar refractivity (Wildman–Crippen MR) is 65.2 cm³/mol. The molecule has 4 nitrogen and oxygen atoms in total. The van der Waals surface area contributed by atoms with Gasteiger partial charge in [0.1, 0.15) is 5.92 Å². The van der Waals surface area contributed by atoms with Crippen molar-refractivity contribution in [2.75, 3.05) is 20.2 Å². The van der Waals surface area contributed by atoms with E-state index in [2.05, 4.69) is 6.07 Å². The van der Waals surface area contributed by atoms with Gasteiger partial charge in [0.25, 0.3) is 0 Å². The SMILES string of the molecule is CC(C)C(C#N)C(=O)N(C)CC1CCCCO1. The van der Waals surface area contributed by atoms with Gasteiger partial charge in [-0.15, -0.1) is 0 Å². The second kappa shape index (κ2) is 6.61. The Bertz CT molecular complexity index is 290. The summed E-state index contributed by atoms with van der Waals surface area (Å²) in [7, 11) is 1.76. The molecule has 0 N–H and O–H groups in total. The maximum Gasteiger partial charge on any atom is 0.240 e. The van der Waals surface area contributed by atoms with Gasteiger partial charge in [0.05, 0.1) is 12.2 Å². The summed E-state index contributed by atoms with van der Waals surface area (Å²) in [6.45, 7) is 5.19. The van der Waals surface area contributed by atoms with Gasteiger partial charge in [-0.1, -0.05) is 13.8 Å². The Morgan fingerprint density at radius 2 is 2.24 bits per heavy atom. The molecule has 1 aliphatic rings. The predicted octanol–water partition coefficient (Wildman–Crippen LogP) is 1.81. The first-order chi connectivity index (χ1) is 8.06. The van der Waals surface area contributed by atoms with E-state index >= 15 is 0 Å². The van der Waals surface area contributed by atoms with Crippen LogP contribution in [0.1, 0.15) is 33.1 Å². The number of nitrogens with zero attached hydrogens (tertiary/aromatic N) is 2. The number of rotatable bonds is 4. The van der Waals surface area contributed by atoms with Crippen LogP contribution >= 0.6 is 0 Å². The highest BCUT2D eigenvalue weighted by molar-refractivity contribution is 5.81. The summed E-state index contributed by atoms with van der Waals surface area (Å²) < 4.78 is 5.60. The van der Waals surface area contributed by atoms with Crippen molar-refractivity contribution in [1.82, 2.24) is 4.90 Å². The van der Waals surface area contributed by atoms with Crippen molar-refractivity contribution in [2.24, 2.45) is 11.8 Å². The minimum Gasteiger partial charge on any atom is -0.376 e. The lowest BCUT2D eigenvalue weighted by Gasteiger charge is -2.29. The summed E-state index contributed by atoms with van der Waals surface area (Å²) in [6.07, 6.45) is 3.43. The number of carbonyl (C=O) groups excluding carboxylic acids is 1. The molecule has 2 atom stereocenters. The van der Waals surface area contributed by atoms with Crippen LogP contribution in [0.25, 0.3) is 0 Å². The van der Waals surface area contributed by atoms with E-state index in [0.29, 0.717) is 6.54 Å². The Morgan fingerprint density at radius 1 is 1.53 bits per heavy atom. The van der Waals surface area contributed by atoms with E-state index in [4.69, 9.17) is 10.00 Å². The Hall–Kier alpha value is -1.08. The summed E-state index contributed by atoms with van der Waals surface area (Å²) in [5.41, 5.74) is 0. The summed E-state index contributed by atoms with van der Waals surface area (Å²) in [6, 6.07) is 2.09. The highest BCUT2D eigenvalue weighted by Crippen LogP contribution is 2.16. The van der Waals surface area contributed by atoms with Crippen LogP contribution in [0.3, 0.4) is 0 Å². The molecule has 0 aromatic rings. The average molecular weight is 238 g/mol. The molecule has 17 heavy (non-hydrogen) atoms. The molecule has 0 spiro atoms. The maximum absolute atomic E-state index is 12.0. The molecule has 0 saturated carbocycles. The van der Waals surface area contributed by atoms with Gasteiger partial charge in [-0.25, -0.2) is 0 Å². The van der Waals surface area contributed by atoms with Crippen LogP contribution in [0.4, 0.5) is 0 Å². The van der Waals surface area contributed by atoms with Crippen LogP contribution in [-0.4, -0.2) is 37.1 Å². The molecule has 1 heterocycles. The van der Waals surface area contributed by atoms with Crippen LogP contribution in [0.15, 0.2) is 0 Å². The van der Waals surface area contributed by atoms with Crippen molar-refractivity contribution in [3.63, 3.8) is 0 Å². The monoisotopic (exact) mass is 238 g/mol. The zero-order valence-electron chi connectivity index (χ0n) is 11.0. The topological polar surface area (TPSA) is 53.3 Å². The minimum absolute atomic E-state index is 0.0576. The second-order valence-electron chi connectivity index (χ2n) is 5.06. The highest BCUT2D eigenvalue weighted by Gasteiger charge is 2.27. The Kier molecular flexibility index (Phi) is 5.43. The number of carbonyl (C=O) groups is 1. The van der Waals surface area contributed by atoms with E-state index in [1.54, 1.807) is 11.9 Å². The van der Waals surface area contributed by atoms with E-state index in [1.807, 2.05) is 13.8 Å². The van der Waals surface area contributed by atoms with Crippen molar-refractivity contribution in [1.29, 1.82) is 5.26 Å². The van der Waals surface area contributed by atoms with E-state index < -0.39 is 5.92 Å². The first-order valence-corrected chi connectivity index (χ1v) is 6.32. The molecular formula is C13H22N2O2. The molecule has 0 aromatic carbocycles. The van der Waals surface area contributed by atoms with Crippen LogP contribution in [-0.2, 0) is 9.53 Å². The first-order valence-electron chi connectivity index (χ1n) is 6.32. The molecule has 1 fully saturated rings. The van der Waals surface area contributed by atoms with Crippen LogP contribution < -0.4 is 0 Å². The van der Waals surface area contributed by atoms with Crippen molar-refractivity contribution in [3.8, 4) is 6.07 Å². The standard InChI is InChI=1S/C13H22N2O2/c1-10(2)12(8-14)13(16)15(3)9-11-6-4-5-7-17-11/h10-12H,4-7,9H2,1-3H3. The zero-order valence-corrected chi connectivity index (χ0v) is 11.0. The zero-order chi connectivity index (χ0) is 12.8. The van der Waals surface area contributed by atoms with Crippen molar-refractivity contribution < 1.29 is 9.53 Å². The van der Waals surface area contributed by atoms with E-state index in [9.17, 15) is 4.79 Å². The number of likely N-dealkylation sites (N-methyl/N-ethyl adjacent to an activating group) is 1. The van der Waals surface area contributed by atoms with Gasteiger partial charge >= 0.3 is 0 Å². The van der Waals surface area contributed by atoms with Crippen LogP contribution in [0.5, 0.6) is 0 Å². The maximum atomic E-state index is 12.0. The normalized spacial score (nSPS) is 21.9. The first kappa shape index (κ1) is 14.0. The molecule has 0 aliphatic carbocycles. The lowest BCUT2D eigenvalue weighted by Crippen LogP contribution is -2.41. The third kappa shape index (κ3) is 4.01. The van der Waals surface area contributed by atoms with Gasteiger partial charge in [0, 0.05) is 20.2 Å². The summed E-state index contributed by atoms with van der Waals surface area (Å²) in [5.74, 6) is -0.567. The second-order valence-corrected chi connectivity index (χ2v) is 5.06. The molecule has 1 saturated heterocycles. The van der Waals surface area contributed by atoms with E-state index in [0.717, 1.165) is 19.4 Å². The van der Waals surface area contributed by atoms with Crippen LogP contribution in [0.2, 0.25) is 0 Å². The fourth-order valence-electron chi connectivity index (χ4n) is 2.07. The number of hydrogen-bond acceptors (Lipinski definition) is 3. The van der Waals surface area contributed by atoms with Gasteiger partial charge in [-0.3, -0.25) is 4.79 Å². The third-order valence-electron chi connectivity index (χ3n) is 3.20. The van der Waals surface area contributed by atoms with Crippen molar-refractivity contribution in [2.45, 2.75) is 39.2 Å². The Morgan fingerprint density at radius 3 is 2.71 bits per heavy atom. The molecule has 0 bridgehead atoms. The Labute approximate surface area is 104 Å². The third-order valence-corrected chi connectivity index (χ3v) is 3.20. The quantitative estimate of drug-likeness (QED) is 0.750. The van der Waals surface area contributed by atoms with Crippen LogP contribution in [0, 0.1) is 23.2 Å². The lowest BCUT2D eigenvalue weighted by molar-refractivity contribution is -0.136.